The van der Waals surface area contributed by atoms with Gasteiger partial charge in [-0.15, -0.1) is 0 Å². The number of alkyl halides is 3. The molecule has 2 bridgehead atoms. The van der Waals surface area contributed by atoms with Crippen molar-refractivity contribution in [2.75, 3.05) is 41.4 Å². The van der Waals surface area contributed by atoms with E-state index in [1.807, 2.05) is 24.1 Å². The molecule has 0 radical (unpaired) electrons. The number of piperidine rings is 1. The Labute approximate surface area is 228 Å². The summed E-state index contributed by atoms with van der Waals surface area (Å²) in [5, 5.41) is 4.61. The quantitative estimate of drug-likeness (QED) is 0.543. The van der Waals surface area contributed by atoms with Crippen molar-refractivity contribution in [2.45, 2.75) is 63.8 Å². The second-order valence-corrected chi connectivity index (χ2v) is 10.3. The number of ether oxygens (including phenoxy) is 3. The number of hydrogen-bond donors (Lipinski definition) is 2. The number of carbonyl (C=O) groups is 2. The van der Waals surface area contributed by atoms with E-state index >= 15 is 0 Å². The van der Waals surface area contributed by atoms with Crippen LogP contribution in [-0.2, 0) is 9.47 Å². The summed E-state index contributed by atoms with van der Waals surface area (Å²) in [5.41, 5.74) is 0.512. The van der Waals surface area contributed by atoms with Gasteiger partial charge in [0, 0.05) is 19.2 Å². The van der Waals surface area contributed by atoms with Gasteiger partial charge >= 0.3 is 12.2 Å². The first-order valence-corrected chi connectivity index (χ1v) is 12.9. The van der Waals surface area contributed by atoms with Crippen LogP contribution in [0.2, 0.25) is 0 Å². The van der Waals surface area contributed by atoms with E-state index < -0.39 is 35.8 Å². The van der Waals surface area contributed by atoms with Gasteiger partial charge in [0.25, 0.3) is 5.91 Å². The first-order valence-electron chi connectivity index (χ1n) is 12.9. The zero-order valence-corrected chi connectivity index (χ0v) is 22.2. The third kappa shape index (κ3) is 6.04. The summed E-state index contributed by atoms with van der Waals surface area (Å²) in [6.07, 6.45) is -2.04. The van der Waals surface area contributed by atoms with Crippen molar-refractivity contribution < 1.29 is 37.0 Å². The van der Waals surface area contributed by atoms with Gasteiger partial charge in [0.15, 0.2) is 11.6 Å². The fourth-order valence-electron chi connectivity index (χ4n) is 4.80. The molecule has 3 atom stereocenters. The van der Waals surface area contributed by atoms with Crippen LogP contribution in [0.3, 0.4) is 0 Å². The molecule has 5 rings (SSSR count). The number of nitrogens with one attached hydrogen (secondary N) is 2. The van der Waals surface area contributed by atoms with Gasteiger partial charge in [-0.05, 0) is 39.7 Å². The first kappa shape index (κ1) is 27.8. The molecular formula is C25H30F3N7O5. The molecule has 3 aliphatic rings. The van der Waals surface area contributed by atoms with Gasteiger partial charge in [-0.2, -0.15) is 18.2 Å². The van der Waals surface area contributed by atoms with Crippen LogP contribution in [-0.4, -0.2) is 83.3 Å². The van der Waals surface area contributed by atoms with E-state index in [1.165, 1.54) is 11.1 Å². The van der Waals surface area contributed by atoms with Crippen molar-refractivity contribution in [3.8, 4) is 5.88 Å². The lowest BCUT2D eigenvalue weighted by Crippen LogP contribution is -2.56. The summed E-state index contributed by atoms with van der Waals surface area (Å²) in [6, 6.07) is 1.99. The third-order valence-electron chi connectivity index (χ3n) is 6.78. The zero-order chi connectivity index (χ0) is 28.7. The van der Waals surface area contributed by atoms with Crippen LogP contribution in [0.1, 0.15) is 44.2 Å². The van der Waals surface area contributed by atoms with E-state index in [2.05, 4.69) is 20.3 Å². The first-order chi connectivity index (χ1) is 18.9. The Morgan fingerprint density at radius 2 is 2.08 bits per heavy atom. The van der Waals surface area contributed by atoms with Gasteiger partial charge in [-0.1, -0.05) is 6.07 Å². The SMILES string of the molecule is C[C@@H](NC(=O)c1ncc2c(n1)N(C(=O)Nc1cccc(OC[C@H]3COC(C)(C)O3)n1)[C@H]1CCCN2C1)C(F)(F)F. The van der Waals surface area contributed by atoms with Gasteiger partial charge in [-0.25, -0.2) is 14.8 Å². The normalized spacial score (nSPS) is 22.4. The molecule has 2 aromatic rings. The summed E-state index contributed by atoms with van der Waals surface area (Å²) >= 11 is 0. The number of urea groups is 1. The molecule has 2 saturated heterocycles. The van der Waals surface area contributed by atoms with Crippen molar-refractivity contribution in [1.29, 1.82) is 0 Å². The number of carbonyl (C=O) groups excluding carboxylic acids is 2. The van der Waals surface area contributed by atoms with Crippen LogP contribution in [0.5, 0.6) is 5.88 Å². The lowest BCUT2D eigenvalue weighted by molar-refractivity contribution is -0.149. The van der Waals surface area contributed by atoms with Gasteiger partial charge in [0.05, 0.1) is 24.5 Å². The summed E-state index contributed by atoms with van der Waals surface area (Å²) in [7, 11) is 0. The van der Waals surface area contributed by atoms with E-state index in [-0.39, 0.29) is 36.3 Å². The Balaban J connectivity index is 1.33. The van der Waals surface area contributed by atoms with Crippen molar-refractivity contribution in [1.82, 2.24) is 20.3 Å². The van der Waals surface area contributed by atoms with E-state index in [0.29, 0.717) is 31.8 Å². The topological polar surface area (TPSA) is 131 Å². The number of halogens is 3. The maximum atomic E-state index is 13.5. The maximum absolute atomic E-state index is 13.5. The minimum atomic E-state index is -4.63. The second kappa shape index (κ2) is 10.7. The molecule has 3 amide bonds. The average Bonchev–Trinajstić information content (AvgIpc) is 3.25. The Kier molecular flexibility index (Phi) is 7.44. The molecular weight excluding hydrogens is 535 g/mol. The van der Waals surface area contributed by atoms with Crippen molar-refractivity contribution in [3.63, 3.8) is 0 Å². The van der Waals surface area contributed by atoms with Crippen LogP contribution < -0.4 is 25.2 Å². The standard InChI is InChI=1S/C25H30F3N7O5/c1-14(25(26,27)28)30-22(36)20-29-10-17-21(33-20)35(15-6-5-9-34(17)11-15)23(37)32-18-7-4-8-19(31-18)38-12-16-13-39-24(2,3)40-16/h4,7-8,10,14-16H,5-6,9,11-13H2,1-3H3,(H,30,36)(H,31,32,37)/t14-,15+,16+/m1/s1. The van der Waals surface area contributed by atoms with Crippen LogP contribution in [0.15, 0.2) is 24.4 Å². The van der Waals surface area contributed by atoms with E-state index in [1.54, 1.807) is 18.2 Å². The number of fused-ring (bicyclic) bond motifs is 4. The van der Waals surface area contributed by atoms with Crippen LogP contribution in [0.4, 0.5) is 35.3 Å². The molecule has 0 saturated carbocycles. The number of rotatable bonds is 6. The lowest BCUT2D eigenvalue weighted by atomic mass is 10.0. The van der Waals surface area contributed by atoms with Gasteiger partial charge in [0.1, 0.15) is 24.6 Å². The summed E-state index contributed by atoms with van der Waals surface area (Å²) in [4.78, 5) is 42.1. The lowest BCUT2D eigenvalue weighted by Gasteiger charge is -2.45. The predicted molar refractivity (Wildman–Crippen MR) is 136 cm³/mol. The molecule has 2 N–H and O–H groups in total. The van der Waals surface area contributed by atoms with Crippen molar-refractivity contribution in [2.24, 2.45) is 0 Å². The highest BCUT2D eigenvalue weighted by molar-refractivity contribution is 6.04. The largest absolute Gasteiger partial charge is 0.475 e. The highest BCUT2D eigenvalue weighted by Gasteiger charge is 2.41. The third-order valence-corrected chi connectivity index (χ3v) is 6.78. The zero-order valence-electron chi connectivity index (χ0n) is 22.2. The summed E-state index contributed by atoms with van der Waals surface area (Å²) < 4.78 is 55.9. The number of nitrogens with zero attached hydrogens (tertiary/aromatic N) is 5. The predicted octanol–water partition coefficient (Wildman–Crippen LogP) is 3.10. The highest BCUT2D eigenvalue weighted by atomic mass is 19.4. The molecule has 0 aliphatic carbocycles. The Bertz CT molecular complexity index is 1280. The summed E-state index contributed by atoms with van der Waals surface area (Å²) in [6.45, 7) is 6.27. The highest BCUT2D eigenvalue weighted by Crippen LogP contribution is 2.37. The molecule has 2 fully saturated rings. The van der Waals surface area contributed by atoms with Crippen molar-refractivity contribution >= 4 is 29.3 Å². The second-order valence-electron chi connectivity index (χ2n) is 10.3. The number of amides is 3. The van der Waals surface area contributed by atoms with E-state index in [0.717, 1.165) is 13.3 Å². The Morgan fingerprint density at radius 1 is 1.27 bits per heavy atom. The Hall–Kier alpha value is -3.72. The molecule has 0 aromatic carbocycles. The fraction of sp³-hybridized carbons (Fsp3) is 0.560. The average molecular weight is 566 g/mol. The molecule has 216 valence electrons. The maximum Gasteiger partial charge on any atom is 0.408 e. The number of hydrogen-bond acceptors (Lipinski definition) is 9. The van der Waals surface area contributed by atoms with Gasteiger partial charge in [0.2, 0.25) is 11.7 Å². The van der Waals surface area contributed by atoms with Gasteiger partial charge in [-0.3, -0.25) is 15.0 Å². The smallest absolute Gasteiger partial charge is 0.408 e. The fourth-order valence-corrected chi connectivity index (χ4v) is 4.80. The van der Waals surface area contributed by atoms with E-state index in [4.69, 9.17) is 14.2 Å². The number of aromatic nitrogens is 3. The van der Waals surface area contributed by atoms with Crippen LogP contribution in [0, 0.1) is 0 Å². The summed E-state index contributed by atoms with van der Waals surface area (Å²) in [5.74, 6) is -1.61. The van der Waals surface area contributed by atoms with Gasteiger partial charge < -0.3 is 24.4 Å². The molecule has 40 heavy (non-hydrogen) atoms. The molecule has 2 aromatic heterocycles. The van der Waals surface area contributed by atoms with E-state index in [9.17, 15) is 22.8 Å². The monoisotopic (exact) mass is 565 g/mol. The minimum Gasteiger partial charge on any atom is -0.475 e. The van der Waals surface area contributed by atoms with Crippen LogP contribution >= 0.6 is 0 Å². The number of pyridine rings is 1. The molecule has 0 spiro atoms. The van der Waals surface area contributed by atoms with Crippen molar-refractivity contribution in [3.05, 3.63) is 30.2 Å². The molecule has 3 aliphatic heterocycles. The molecule has 5 heterocycles. The number of anilines is 3. The molecule has 12 nitrogen and oxygen atoms in total. The minimum absolute atomic E-state index is 0.140. The molecule has 15 heteroatoms. The Morgan fingerprint density at radius 3 is 2.80 bits per heavy atom. The van der Waals surface area contributed by atoms with Crippen LogP contribution in [0.25, 0.3) is 0 Å². The molecule has 0 unspecified atom stereocenters.